The lowest BCUT2D eigenvalue weighted by Crippen LogP contribution is -1.93. The van der Waals surface area contributed by atoms with E-state index >= 15 is 0 Å². The first kappa shape index (κ1) is 7.50. The van der Waals surface area contributed by atoms with E-state index in [1.54, 1.807) is 12.1 Å². The highest BCUT2D eigenvalue weighted by molar-refractivity contribution is 9.10. The van der Waals surface area contributed by atoms with Crippen molar-refractivity contribution in [2.75, 3.05) is 5.73 Å². The van der Waals surface area contributed by atoms with Crippen LogP contribution in [-0.4, -0.2) is 10.1 Å². The van der Waals surface area contributed by atoms with Crippen molar-refractivity contribution in [3.05, 3.63) is 22.3 Å². The van der Waals surface area contributed by atoms with E-state index in [1.165, 1.54) is 0 Å². The first-order chi connectivity index (χ1) is 4.72. The van der Waals surface area contributed by atoms with E-state index in [2.05, 4.69) is 20.9 Å². The fourth-order valence-electron chi connectivity index (χ4n) is 0.664. The largest absolute Gasteiger partial charge is 0.392 e. The van der Waals surface area contributed by atoms with Crippen LogP contribution < -0.4 is 5.73 Å². The summed E-state index contributed by atoms with van der Waals surface area (Å²) in [4.78, 5) is 3.87. The molecule has 0 saturated heterocycles. The number of aliphatic hydroxyl groups excluding tert-OH is 1. The maximum absolute atomic E-state index is 8.68. The first-order valence-electron chi connectivity index (χ1n) is 2.75. The van der Waals surface area contributed by atoms with Crippen LogP contribution in [0.15, 0.2) is 16.7 Å². The number of pyridine rings is 1. The molecule has 10 heavy (non-hydrogen) atoms. The predicted octanol–water partition coefficient (Wildman–Crippen LogP) is 0.919. The minimum atomic E-state index is -0.00861. The molecule has 0 unspecified atom stereocenters. The summed E-state index contributed by atoms with van der Waals surface area (Å²) in [5, 5.41) is 8.68. The topological polar surface area (TPSA) is 59.1 Å². The van der Waals surface area contributed by atoms with Crippen LogP contribution in [0.4, 0.5) is 5.82 Å². The lowest BCUT2D eigenvalue weighted by atomic mass is 10.3. The van der Waals surface area contributed by atoms with E-state index in [-0.39, 0.29) is 6.61 Å². The van der Waals surface area contributed by atoms with E-state index in [0.717, 1.165) is 5.56 Å². The zero-order valence-electron chi connectivity index (χ0n) is 5.21. The molecule has 0 saturated carbocycles. The molecule has 54 valence electrons. The quantitative estimate of drug-likeness (QED) is 0.667. The predicted molar refractivity (Wildman–Crippen MR) is 42.3 cm³/mol. The number of hydrogen-bond donors (Lipinski definition) is 2. The molecule has 4 heteroatoms. The molecule has 0 aliphatic carbocycles. The molecule has 0 atom stereocenters. The van der Waals surface area contributed by atoms with E-state index in [1.807, 2.05) is 0 Å². The van der Waals surface area contributed by atoms with Crippen molar-refractivity contribution in [1.29, 1.82) is 0 Å². The average molecular weight is 203 g/mol. The average Bonchev–Trinajstić information content (AvgIpc) is 1.85. The molecule has 1 rings (SSSR count). The van der Waals surface area contributed by atoms with E-state index in [0.29, 0.717) is 10.4 Å². The fraction of sp³-hybridized carbons (Fsp3) is 0.167. The van der Waals surface area contributed by atoms with Gasteiger partial charge in [-0.25, -0.2) is 4.98 Å². The fourth-order valence-corrected chi connectivity index (χ4v) is 1.16. The minimum absolute atomic E-state index is 0.00861. The van der Waals surface area contributed by atoms with Gasteiger partial charge in [0.25, 0.3) is 0 Å². The molecule has 0 aromatic carbocycles. The van der Waals surface area contributed by atoms with Gasteiger partial charge in [0.2, 0.25) is 0 Å². The zero-order chi connectivity index (χ0) is 7.56. The number of halogens is 1. The Morgan fingerprint density at radius 2 is 2.30 bits per heavy atom. The Hall–Kier alpha value is -0.610. The van der Waals surface area contributed by atoms with Crippen molar-refractivity contribution < 1.29 is 5.11 Å². The third-order valence-electron chi connectivity index (χ3n) is 1.06. The Balaban J connectivity index is 3.06. The summed E-state index contributed by atoms with van der Waals surface area (Å²) >= 11 is 3.15. The van der Waals surface area contributed by atoms with Crippen LogP contribution >= 0.6 is 15.9 Å². The molecule has 0 fully saturated rings. The van der Waals surface area contributed by atoms with Gasteiger partial charge in [0.1, 0.15) is 10.4 Å². The summed E-state index contributed by atoms with van der Waals surface area (Å²) in [5.41, 5.74) is 6.15. The maximum atomic E-state index is 8.68. The van der Waals surface area contributed by atoms with E-state index < -0.39 is 0 Å². The highest BCUT2D eigenvalue weighted by atomic mass is 79.9. The summed E-state index contributed by atoms with van der Waals surface area (Å²) in [6.07, 6.45) is 0. The summed E-state index contributed by atoms with van der Waals surface area (Å²) in [5.74, 6) is 0.415. The molecule has 3 nitrogen and oxygen atoms in total. The first-order valence-corrected chi connectivity index (χ1v) is 3.54. The number of rotatable bonds is 1. The van der Waals surface area contributed by atoms with Gasteiger partial charge >= 0.3 is 0 Å². The highest BCUT2D eigenvalue weighted by Crippen LogP contribution is 2.12. The van der Waals surface area contributed by atoms with Crippen molar-refractivity contribution in [2.45, 2.75) is 6.61 Å². The van der Waals surface area contributed by atoms with Gasteiger partial charge in [0.15, 0.2) is 0 Å². The number of nitrogen functional groups attached to an aromatic ring is 1. The van der Waals surface area contributed by atoms with Crippen LogP contribution in [0.1, 0.15) is 5.56 Å². The molecule has 3 N–H and O–H groups in total. The molecule has 0 aliphatic heterocycles. The van der Waals surface area contributed by atoms with Crippen molar-refractivity contribution in [1.82, 2.24) is 4.98 Å². The van der Waals surface area contributed by atoms with Gasteiger partial charge in [-0.15, -0.1) is 0 Å². The molecule has 0 radical (unpaired) electrons. The van der Waals surface area contributed by atoms with Crippen molar-refractivity contribution >= 4 is 21.7 Å². The van der Waals surface area contributed by atoms with Gasteiger partial charge in [0.05, 0.1) is 6.61 Å². The summed E-state index contributed by atoms with van der Waals surface area (Å²) in [6, 6.07) is 3.35. The second-order valence-electron chi connectivity index (χ2n) is 1.88. The third kappa shape index (κ3) is 1.68. The van der Waals surface area contributed by atoms with Crippen LogP contribution in [0.25, 0.3) is 0 Å². The Kier molecular flexibility index (Phi) is 2.24. The Morgan fingerprint density at radius 3 is 2.80 bits per heavy atom. The molecule has 1 aromatic heterocycles. The highest BCUT2D eigenvalue weighted by Gasteiger charge is 1.95. The van der Waals surface area contributed by atoms with E-state index in [9.17, 15) is 0 Å². The van der Waals surface area contributed by atoms with Gasteiger partial charge < -0.3 is 10.8 Å². The molecule has 0 spiro atoms. The lowest BCUT2D eigenvalue weighted by molar-refractivity contribution is 0.281. The maximum Gasteiger partial charge on any atom is 0.125 e. The monoisotopic (exact) mass is 202 g/mol. The summed E-state index contributed by atoms with van der Waals surface area (Å²) < 4.78 is 0.650. The molecule has 0 amide bonds. The molecule has 0 aliphatic rings. The van der Waals surface area contributed by atoms with Crippen LogP contribution in [0, 0.1) is 0 Å². The standard InChI is InChI=1S/C6H7BrN2O/c7-5-1-4(3-10)2-6(8)9-5/h1-2,10H,3H2,(H2,8,9). The molecule has 1 heterocycles. The third-order valence-corrected chi connectivity index (χ3v) is 1.46. The number of anilines is 1. The van der Waals surface area contributed by atoms with E-state index in [4.69, 9.17) is 10.8 Å². The Labute approximate surface area is 67.0 Å². The zero-order valence-corrected chi connectivity index (χ0v) is 6.80. The number of aromatic nitrogens is 1. The van der Waals surface area contributed by atoms with Gasteiger partial charge in [-0.3, -0.25) is 0 Å². The van der Waals surface area contributed by atoms with Crippen molar-refractivity contribution in [2.24, 2.45) is 0 Å². The minimum Gasteiger partial charge on any atom is -0.392 e. The molecule has 1 aromatic rings. The number of hydrogen-bond acceptors (Lipinski definition) is 3. The van der Waals surface area contributed by atoms with Gasteiger partial charge in [-0.2, -0.15) is 0 Å². The number of nitrogens with zero attached hydrogens (tertiary/aromatic N) is 1. The van der Waals surface area contributed by atoms with Gasteiger partial charge in [-0.1, -0.05) is 0 Å². The summed E-state index contributed by atoms with van der Waals surface area (Å²) in [6.45, 7) is -0.00861. The van der Waals surface area contributed by atoms with Crippen LogP contribution in [0.2, 0.25) is 0 Å². The Bertz CT molecular complexity index is 219. The number of nitrogens with two attached hydrogens (primary N) is 1. The Morgan fingerprint density at radius 1 is 1.60 bits per heavy atom. The normalized spacial score (nSPS) is 9.80. The second-order valence-corrected chi connectivity index (χ2v) is 2.69. The SMILES string of the molecule is Nc1cc(CO)cc(Br)n1. The summed E-state index contributed by atoms with van der Waals surface area (Å²) in [7, 11) is 0. The number of aliphatic hydroxyl groups is 1. The van der Waals surface area contributed by atoms with Crippen LogP contribution in [0.3, 0.4) is 0 Å². The lowest BCUT2D eigenvalue weighted by Gasteiger charge is -1.97. The van der Waals surface area contributed by atoms with Crippen LogP contribution in [-0.2, 0) is 6.61 Å². The van der Waals surface area contributed by atoms with Gasteiger partial charge in [-0.05, 0) is 33.6 Å². The smallest absolute Gasteiger partial charge is 0.125 e. The molecular weight excluding hydrogens is 196 g/mol. The van der Waals surface area contributed by atoms with Crippen molar-refractivity contribution in [3.8, 4) is 0 Å². The second kappa shape index (κ2) is 2.98. The van der Waals surface area contributed by atoms with Gasteiger partial charge in [0, 0.05) is 0 Å². The van der Waals surface area contributed by atoms with Crippen molar-refractivity contribution in [3.63, 3.8) is 0 Å². The van der Waals surface area contributed by atoms with Crippen LogP contribution in [0.5, 0.6) is 0 Å². The molecular formula is C6H7BrN2O. The molecule has 0 bridgehead atoms.